The molecule has 0 aromatic heterocycles. The minimum atomic E-state index is -1.50. The highest BCUT2D eigenvalue weighted by atomic mass is 19.2. The first-order chi connectivity index (χ1) is 10.9. The highest BCUT2D eigenvalue weighted by molar-refractivity contribution is 6.21. The lowest BCUT2D eigenvalue weighted by atomic mass is 10.1. The van der Waals surface area contributed by atoms with Gasteiger partial charge in [-0.1, -0.05) is 17.2 Å². The molecular weight excluding hydrogens is 315 g/mol. The van der Waals surface area contributed by atoms with Crippen LogP contribution in [0.4, 0.5) is 13.2 Å². The third-order valence-electron chi connectivity index (χ3n) is 3.16. The second-order valence-electron chi connectivity index (χ2n) is 4.58. The Balaban J connectivity index is 1.89. The number of hydrogen-bond donors (Lipinski definition) is 0. The molecule has 2 amide bonds. The van der Waals surface area contributed by atoms with E-state index in [1.165, 1.54) is 24.3 Å². The summed E-state index contributed by atoms with van der Waals surface area (Å²) in [4.78, 5) is 40.3. The lowest BCUT2D eigenvalue weighted by Crippen LogP contribution is -2.33. The van der Waals surface area contributed by atoms with Gasteiger partial charge in [0.1, 0.15) is 11.4 Å². The molecule has 0 saturated heterocycles. The molecule has 0 saturated carbocycles. The molecule has 1 aliphatic rings. The number of rotatable bonds is 2. The molecule has 0 N–H and O–H groups in total. The molecule has 23 heavy (non-hydrogen) atoms. The van der Waals surface area contributed by atoms with Crippen molar-refractivity contribution in [3.63, 3.8) is 0 Å². The summed E-state index contributed by atoms with van der Waals surface area (Å²) in [6.45, 7) is 0. The van der Waals surface area contributed by atoms with Crippen molar-refractivity contribution in [1.29, 1.82) is 0 Å². The molecule has 0 fully saturated rings. The van der Waals surface area contributed by atoms with Gasteiger partial charge in [0.25, 0.3) is 11.8 Å². The number of hydrogen-bond acceptors (Lipinski definition) is 4. The molecule has 0 radical (unpaired) electrons. The summed E-state index contributed by atoms with van der Waals surface area (Å²) in [5.41, 5.74) is -0.924. The molecule has 0 atom stereocenters. The third-order valence-corrected chi connectivity index (χ3v) is 3.16. The van der Waals surface area contributed by atoms with Crippen molar-refractivity contribution in [2.24, 2.45) is 0 Å². The van der Waals surface area contributed by atoms with Gasteiger partial charge in [-0.15, -0.1) is 0 Å². The first-order valence-corrected chi connectivity index (χ1v) is 6.25. The normalized spacial score (nSPS) is 13.3. The van der Waals surface area contributed by atoms with Crippen LogP contribution in [-0.2, 0) is 4.84 Å². The summed E-state index contributed by atoms with van der Waals surface area (Å²) in [6, 6.07) is 6.15. The van der Waals surface area contributed by atoms with Crippen molar-refractivity contribution < 1.29 is 32.4 Å². The summed E-state index contributed by atoms with van der Waals surface area (Å²) in [5.74, 6) is -7.68. The molecule has 0 spiro atoms. The fourth-order valence-electron chi connectivity index (χ4n) is 2.06. The average molecular weight is 321 g/mol. The zero-order chi connectivity index (χ0) is 16.7. The number of amides is 2. The van der Waals surface area contributed by atoms with Gasteiger partial charge >= 0.3 is 5.97 Å². The van der Waals surface area contributed by atoms with E-state index < -0.39 is 40.8 Å². The monoisotopic (exact) mass is 321 g/mol. The van der Waals surface area contributed by atoms with Crippen molar-refractivity contribution in [3.8, 4) is 0 Å². The number of carbonyl (C=O) groups is 3. The highest BCUT2D eigenvalue weighted by Crippen LogP contribution is 2.24. The fraction of sp³-hybridized carbons (Fsp3) is 0. The maximum atomic E-state index is 13.5. The summed E-state index contributed by atoms with van der Waals surface area (Å²) >= 11 is 0. The van der Waals surface area contributed by atoms with Gasteiger partial charge in [0, 0.05) is 6.07 Å². The van der Waals surface area contributed by atoms with E-state index in [9.17, 15) is 27.6 Å². The Labute approximate surface area is 126 Å². The number of fused-ring (bicyclic) bond motifs is 1. The molecule has 2 aromatic rings. The summed E-state index contributed by atoms with van der Waals surface area (Å²) in [5, 5.41) is 0.147. The summed E-state index contributed by atoms with van der Waals surface area (Å²) < 4.78 is 39.5. The molecule has 0 bridgehead atoms. The van der Waals surface area contributed by atoms with E-state index in [0.717, 1.165) is 0 Å². The SMILES string of the molecule is O=C(ON1C(=O)c2ccccc2C1=O)c1cc(F)c(F)cc1F. The molecule has 116 valence electrons. The highest BCUT2D eigenvalue weighted by Gasteiger charge is 2.39. The van der Waals surface area contributed by atoms with Gasteiger partial charge in [0.05, 0.1) is 11.1 Å². The average Bonchev–Trinajstić information content (AvgIpc) is 2.76. The predicted octanol–water partition coefficient (Wildman–Crippen LogP) is 2.47. The molecule has 0 unspecified atom stereocenters. The van der Waals surface area contributed by atoms with Gasteiger partial charge in [-0.3, -0.25) is 9.59 Å². The standard InChI is InChI=1S/C15H6F3NO4/c16-10-6-12(18)11(17)5-9(10)15(22)23-19-13(20)7-3-1-2-4-8(7)14(19)21/h1-6H. The van der Waals surface area contributed by atoms with Gasteiger partial charge in [0.15, 0.2) is 11.6 Å². The number of imide groups is 1. The fourth-order valence-corrected chi connectivity index (χ4v) is 2.06. The van der Waals surface area contributed by atoms with Crippen LogP contribution in [0.25, 0.3) is 0 Å². The maximum absolute atomic E-state index is 13.5. The van der Waals surface area contributed by atoms with Crippen LogP contribution in [0.15, 0.2) is 36.4 Å². The van der Waals surface area contributed by atoms with E-state index in [2.05, 4.69) is 4.84 Å². The first kappa shape index (κ1) is 14.8. The zero-order valence-electron chi connectivity index (χ0n) is 11.2. The van der Waals surface area contributed by atoms with Crippen LogP contribution in [0.1, 0.15) is 31.1 Å². The molecule has 1 heterocycles. The van der Waals surface area contributed by atoms with Crippen LogP contribution in [0.5, 0.6) is 0 Å². The van der Waals surface area contributed by atoms with Crippen LogP contribution < -0.4 is 0 Å². The Morgan fingerprint density at radius 3 is 1.96 bits per heavy atom. The Kier molecular flexibility index (Phi) is 3.36. The predicted molar refractivity (Wildman–Crippen MR) is 68.7 cm³/mol. The van der Waals surface area contributed by atoms with E-state index in [4.69, 9.17) is 0 Å². The third kappa shape index (κ3) is 2.33. The number of hydroxylamine groups is 2. The molecule has 0 aliphatic carbocycles. The summed E-state index contributed by atoms with van der Waals surface area (Å²) in [6.07, 6.45) is 0. The van der Waals surface area contributed by atoms with E-state index in [1.54, 1.807) is 0 Å². The molecule has 3 rings (SSSR count). The van der Waals surface area contributed by atoms with Gasteiger partial charge < -0.3 is 4.84 Å². The second-order valence-corrected chi connectivity index (χ2v) is 4.58. The Morgan fingerprint density at radius 1 is 0.870 bits per heavy atom. The van der Waals surface area contributed by atoms with E-state index in [0.29, 0.717) is 0 Å². The number of halogens is 3. The molecule has 1 aliphatic heterocycles. The Hall–Kier alpha value is -3.16. The van der Waals surface area contributed by atoms with Crippen molar-refractivity contribution in [2.75, 3.05) is 0 Å². The lowest BCUT2D eigenvalue weighted by molar-refractivity contribution is -0.0587. The molecular formula is C15H6F3NO4. The van der Waals surface area contributed by atoms with Gasteiger partial charge in [-0.2, -0.15) is 0 Å². The van der Waals surface area contributed by atoms with Crippen LogP contribution in [0.3, 0.4) is 0 Å². The van der Waals surface area contributed by atoms with Crippen LogP contribution >= 0.6 is 0 Å². The Bertz CT molecular complexity index is 831. The minimum Gasteiger partial charge on any atom is -0.324 e. The van der Waals surface area contributed by atoms with Crippen LogP contribution in [0, 0.1) is 17.5 Å². The maximum Gasteiger partial charge on any atom is 0.367 e. The minimum absolute atomic E-state index is 0.0102. The van der Waals surface area contributed by atoms with Crippen molar-refractivity contribution in [2.45, 2.75) is 0 Å². The quantitative estimate of drug-likeness (QED) is 0.630. The molecule has 2 aromatic carbocycles. The van der Waals surface area contributed by atoms with Gasteiger partial charge in [-0.05, 0) is 18.2 Å². The smallest absolute Gasteiger partial charge is 0.324 e. The lowest BCUT2D eigenvalue weighted by Gasteiger charge is -2.13. The van der Waals surface area contributed by atoms with Gasteiger partial charge in [-0.25, -0.2) is 18.0 Å². The topological polar surface area (TPSA) is 63.7 Å². The summed E-state index contributed by atoms with van der Waals surface area (Å²) in [7, 11) is 0. The van der Waals surface area contributed by atoms with Crippen LogP contribution in [-0.4, -0.2) is 22.8 Å². The second kappa shape index (κ2) is 5.24. The molecule has 5 nitrogen and oxygen atoms in total. The molecule has 8 heteroatoms. The van der Waals surface area contributed by atoms with E-state index in [-0.39, 0.29) is 28.3 Å². The largest absolute Gasteiger partial charge is 0.367 e. The van der Waals surface area contributed by atoms with Gasteiger partial charge in [0.2, 0.25) is 0 Å². The Morgan fingerprint density at radius 2 is 1.39 bits per heavy atom. The van der Waals surface area contributed by atoms with Crippen molar-refractivity contribution in [3.05, 3.63) is 70.5 Å². The van der Waals surface area contributed by atoms with Crippen molar-refractivity contribution in [1.82, 2.24) is 5.06 Å². The van der Waals surface area contributed by atoms with Crippen LogP contribution in [0.2, 0.25) is 0 Å². The first-order valence-electron chi connectivity index (χ1n) is 6.25. The van der Waals surface area contributed by atoms with E-state index >= 15 is 0 Å². The zero-order valence-corrected chi connectivity index (χ0v) is 11.2. The van der Waals surface area contributed by atoms with Crippen molar-refractivity contribution >= 4 is 17.8 Å². The number of benzene rings is 2. The number of carbonyl (C=O) groups excluding carboxylic acids is 3. The van der Waals surface area contributed by atoms with E-state index in [1.807, 2.05) is 0 Å². The number of nitrogens with zero attached hydrogens (tertiary/aromatic N) is 1.